The van der Waals surface area contributed by atoms with Crippen molar-refractivity contribution in [3.63, 3.8) is 0 Å². The zero-order valence-corrected chi connectivity index (χ0v) is 13.7. The third-order valence-corrected chi connectivity index (χ3v) is 4.74. The van der Waals surface area contributed by atoms with Crippen LogP contribution in [0.5, 0.6) is 0 Å². The number of thioether (sulfide) groups is 2. The van der Waals surface area contributed by atoms with E-state index in [1.54, 1.807) is 23.5 Å². The second-order valence-electron chi connectivity index (χ2n) is 3.44. The summed E-state index contributed by atoms with van der Waals surface area (Å²) in [6.07, 6.45) is 0. The maximum Gasteiger partial charge on any atom is 0.109 e. The summed E-state index contributed by atoms with van der Waals surface area (Å²) in [6, 6.07) is 20.7. The quantitative estimate of drug-likeness (QED) is 0.502. The van der Waals surface area contributed by atoms with Crippen molar-refractivity contribution >= 4 is 39.3 Å². The molecule has 0 heterocycles. The van der Waals surface area contributed by atoms with Gasteiger partial charge in [0.05, 0.1) is 0 Å². The highest BCUT2D eigenvalue weighted by Crippen LogP contribution is 2.27. The first-order valence-corrected chi connectivity index (χ1v) is 8.49. The molecule has 2 aromatic carbocycles. The van der Waals surface area contributed by atoms with Crippen molar-refractivity contribution in [3.05, 3.63) is 66.2 Å². The van der Waals surface area contributed by atoms with Gasteiger partial charge in [-0.15, -0.1) is 11.8 Å². The molecule has 0 saturated carbocycles. The van der Waals surface area contributed by atoms with E-state index in [0.717, 1.165) is 9.28 Å². The first-order chi connectivity index (χ1) is 9.34. The Hall–Kier alpha value is -0.770. The molecular formula is C16H18S3. The minimum Gasteiger partial charge on any atom is -0.103 e. The molecule has 19 heavy (non-hydrogen) atoms. The molecule has 0 aliphatic rings. The lowest BCUT2D eigenvalue weighted by Gasteiger charge is -2.03. The number of benzene rings is 2. The van der Waals surface area contributed by atoms with Gasteiger partial charge in [-0.3, -0.25) is 0 Å². The van der Waals surface area contributed by atoms with Crippen LogP contribution in [0.4, 0.5) is 0 Å². The second kappa shape index (κ2) is 10.1. The molecule has 0 fully saturated rings. The summed E-state index contributed by atoms with van der Waals surface area (Å²) < 4.78 is 0.972. The van der Waals surface area contributed by atoms with Gasteiger partial charge in [0.15, 0.2) is 0 Å². The lowest BCUT2D eigenvalue weighted by atomic mass is 10.2. The fraction of sp³-hybridized carbons (Fsp3) is 0.188. The highest BCUT2D eigenvalue weighted by atomic mass is 32.2. The Kier molecular flexibility index (Phi) is 8.63. The van der Waals surface area contributed by atoms with Gasteiger partial charge in [0.2, 0.25) is 0 Å². The van der Waals surface area contributed by atoms with Crippen LogP contribution >= 0.6 is 35.7 Å². The van der Waals surface area contributed by atoms with Crippen molar-refractivity contribution in [2.24, 2.45) is 0 Å². The molecule has 3 heteroatoms. The first kappa shape index (κ1) is 16.3. The molecule has 100 valence electrons. The van der Waals surface area contributed by atoms with Crippen LogP contribution < -0.4 is 0 Å². The molecule has 0 saturated heterocycles. The van der Waals surface area contributed by atoms with Crippen LogP contribution in [0.1, 0.15) is 19.4 Å². The molecule has 0 atom stereocenters. The van der Waals surface area contributed by atoms with E-state index in [1.807, 2.05) is 38.1 Å². The van der Waals surface area contributed by atoms with Crippen LogP contribution in [0.3, 0.4) is 0 Å². The highest BCUT2D eigenvalue weighted by molar-refractivity contribution is 8.46. The first-order valence-electron chi connectivity index (χ1n) is 6.28. The molecule has 2 rings (SSSR count). The van der Waals surface area contributed by atoms with Gasteiger partial charge < -0.3 is 0 Å². The normalized spacial score (nSPS) is 9.37. The second-order valence-corrected chi connectivity index (χ2v) is 6.69. The number of hydrogen-bond donors (Lipinski definition) is 0. The minimum absolute atomic E-state index is 0.944. The van der Waals surface area contributed by atoms with Gasteiger partial charge in [-0.1, -0.05) is 86.4 Å². The summed E-state index contributed by atoms with van der Waals surface area (Å²) in [6.45, 7) is 4.00. The fourth-order valence-electron chi connectivity index (χ4n) is 1.33. The van der Waals surface area contributed by atoms with Gasteiger partial charge >= 0.3 is 0 Å². The van der Waals surface area contributed by atoms with E-state index in [1.165, 1.54) is 10.5 Å². The van der Waals surface area contributed by atoms with Crippen LogP contribution in [0.2, 0.25) is 0 Å². The Bertz CT molecular complexity index is 466. The summed E-state index contributed by atoms with van der Waals surface area (Å²) in [7, 11) is 0. The monoisotopic (exact) mass is 306 g/mol. The van der Waals surface area contributed by atoms with Crippen molar-refractivity contribution in [3.8, 4) is 0 Å². The van der Waals surface area contributed by atoms with Crippen LogP contribution in [0, 0.1) is 0 Å². The predicted octanol–water partition coefficient (Wildman–Crippen LogP) is 6.02. The lowest BCUT2D eigenvalue weighted by molar-refractivity contribution is 1.43. The van der Waals surface area contributed by atoms with Crippen LogP contribution in [0.15, 0.2) is 65.6 Å². The Balaban J connectivity index is 0.000000861. The Morgan fingerprint density at radius 2 is 1.42 bits per heavy atom. The molecule has 0 aliphatic carbocycles. The third kappa shape index (κ3) is 6.81. The SMILES string of the molecule is CC.S=C(SCc1ccccc1)Sc1ccccc1. The molecule has 0 radical (unpaired) electrons. The van der Waals surface area contributed by atoms with Crippen molar-refractivity contribution in [2.75, 3.05) is 0 Å². The minimum atomic E-state index is 0.944. The largest absolute Gasteiger partial charge is 0.109 e. The van der Waals surface area contributed by atoms with Crippen molar-refractivity contribution in [1.29, 1.82) is 0 Å². The van der Waals surface area contributed by atoms with E-state index in [2.05, 4.69) is 36.4 Å². The zero-order valence-electron chi connectivity index (χ0n) is 11.2. The van der Waals surface area contributed by atoms with Crippen LogP contribution in [-0.2, 0) is 5.75 Å². The van der Waals surface area contributed by atoms with Crippen molar-refractivity contribution < 1.29 is 0 Å². The molecule has 0 nitrogen and oxygen atoms in total. The van der Waals surface area contributed by atoms with Gasteiger partial charge in [0.1, 0.15) is 3.53 Å². The van der Waals surface area contributed by atoms with Gasteiger partial charge in [-0.05, 0) is 17.7 Å². The number of hydrogen-bond acceptors (Lipinski definition) is 3. The fourth-order valence-corrected chi connectivity index (χ4v) is 3.46. The van der Waals surface area contributed by atoms with Crippen molar-refractivity contribution in [1.82, 2.24) is 0 Å². The summed E-state index contributed by atoms with van der Waals surface area (Å²) in [4.78, 5) is 1.21. The maximum absolute atomic E-state index is 5.36. The molecular weight excluding hydrogens is 288 g/mol. The van der Waals surface area contributed by atoms with E-state index in [-0.39, 0.29) is 0 Å². The molecule has 0 N–H and O–H groups in total. The third-order valence-electron chi connectivity index (χ3n) is 2.14. The molecule has 0 aliphatic heterocycles. The lowest BCUT2D eigenvalue weighted by Crippen LogP contribution is -1.84. The van der Waals surface area contributed by atoms with Gasteiger partial charge in [0, 0.05) is 10.6 Å². The average molecular weight is 307 g/mol. The average Bonchev–Trinajstić information content (AvgIpc) is 2.49. The summed E-state index contributed by atoms with van der Waals surface area (Å²) >= 11 is 8.74. The van der Waals surface area contributed by atoms with E-state index < -0.39 is 0 Å². The summed E-state index contributed by atoms with van der Waals surface area (Å²) in [5.74, 6) is 0.944. The zero-order chi connectivity index (χ0) is 13.9. The highest BCUT2D eigenvalue weighted by Gasteiger charge is 2.01. The van der Waals surface area contributed by atoms with Gasteiger partial charge in [0.25, 0.3) is 0 Å². The predicted molar refractivity (Wildman–Crippen MR) is 94.0 cm³/mol. The Morgan fingerprint density at radius 3 is 2.00 bits per heavy atom. The molecule has 0 unspecified atom stereocenters. The number of thiocarbonyl (C=S) groups is 1. The molecule has 0 bridgehead atoms. The Labute approximate surface area is 130 Å². The van der Waals surface area contributed by atoms with Gasteiger partial charge in [-0.25, -0.2) is 0 Å². The van der Waals surface area contributed by atoms with E-state index >= 15 is 0 Å². The molecule has 0 spiro atoms. The maximum atomic E-state index is 5.36. The van der Waals surface area contributed by atoms with E-state index in [0.29, 0.717) is 0 Å². The molecule has 0 aromatic heterocycles. The molecule has 2 aromatic rings. The molecule has 0 amide bonds. The summed E-state index contributed by atoms with van der Waals surface area (Å²) in [5, 5.41) is 0. The summed E-state index contributed by atoms with van der Waals surface area (Å²) in [5.41, 5.74) is 1.31. The van der Waals surface area contributed by atoms with E-state index in [4.69, 9.17) is 12.2 Å². The smallest absolute Gasteiger partial charge is 0.103 e. The van der Waals surface area contributed by atoms with Crippen molar-refractivity contribution in [2.45, 2.75) is 24.5 Å². The van der Waals surface area contributed by atoms with Crippen LogP contribution in [-0.4, -0.2) is 3.53 Å². The Morgan fingerprint density at radius 1 is 0.895 bits per heavy atom. The standard InChI is InChI=1S/C14H12S3.C2H6/c15-14(17-13-9-5-2-6-10-13)16-11-12-7-3-1-4-8-12;1-2/h1-10H,11H2;1-2H3. The van der Waals surface area contributed by atoms with E-state index in [9.17, 15) is 0 Å². The van der Waals surface area contributed by atoms with Crippen LogP contribution in [0.25, 0.3) is 0 Å². The van der Waals surface area contributed by atoms with Gasteiger partial charge in [-0.2, -0.15) is 0 Å². The topological polar surface area (TPSA) is 0 Å². The number of rotatable bonds is 3.